The van der Waals surface area contributed by atoms with Crippen LogP contribution < -0.4 is 5.73 Å². The van der Waals surface area contributed by atoms with Gasteiger partial charge in [-0.3, -0.25) is 4.98 Å². The lowest BCUT2D eigenvalue weighted by Crippen LogP contribution is -2.00. The van der Waals surface area contributed by atoms with Crippen LogP contribution in [0.25, 0.3) is 10.9 Å². The number of benzene rings is 1. The van der Waals surface area contributed by atoms with Gasteiger partial charge >= 0.3 is 0 Å². The van der Waals surface area contributed by atoms with Crippen LogP contribution in [0.15, 0.2) is 30.3 Å². The van der Waals surface area contributed by atoms with Crippen molar-refractivity contribution < 1.29 is 0 Å². The number of pyridine rings is 1. The third kappa shape index (κ3) is 2.81. The summed E-state index contributed by atoms with van der Waals surface area (Å²) in [5.41, 5.74) is 8.77. The number of aromatic nitrogens is 1. The zero-order valence-electron chi connectivity index (χ0n) is 8.43. The largest absolute Gasteiger partial charge is 0.325 e. The standard InChI is InChI=1S/C11H12N2.2ClH/c1-8-6-9(7-12)13-11-5-3-2-4-10(8)11;;/h2-6H,7,12H2,1H3;2*1H. The van der Waals surface area contributed by atoms with Crippen LogP contribution in [-0.2, 0) is 6.54 Å². The van der Waals surface area contributed by atoms with Crippen LogP contribution in [0.5, 0.6) is 0 Å². The molecule has 0 radical (unpaired) electrons. The molecule has 2 nitrogen and oxygen atoms in total. The Balaban J connectivity index is 0.000000980. The predicted molar refractivity (Wildman–Crippen MR) is 68.9 cm³/mol. The number of fused-ring (bicyclic) bond motifs is 1. The third-order valence-corrected chi connectivity index (χ3v) is 2.19. The summed E-state index contributed by atoms with van der Waals surface area (Å²) in [4.78, 5) is 4.43. The lowest BCUT2D eigenvalue weighted by molar-refractivity contribution is 1.00. The highest BCUT2D eigenvalue weighted by molar-refractivity contribution is 5.85. The van der Waals surface area contributed by atoms with E-state index < -0.39 is 0 Å². The van der Waals surface area contributed by atoms with Crippen molar-refractivity contribution in [3.05, 3.63) is 41.6 Å². The van der Waals surface area contributed by atoms with Crippen molar-refractivity contribution in [2.75, 3.05) is 0 Å². The SMILES string of the molecule is Cc1cc(CN)nc2ccccc12.Cl.Cl. The van der Waals surface area contributed by atoms with Crippen LogP contribution in [0.1, 0.15) is 11.3 Å². The molecule has 2 N–H and O–H groups in total. The quantitative estimate of drug-likeness (QED) is 0.838. The lowest BCUT2D eigenvalue weighted by atomic mass is 10.1. The number of para-hydroxylation sites is 1. The minimum Gasteiger partial charge on any atom is -0.325 e. The van der Waals surface area contributed by atoms with Crippen molar-refractivity contribution in [2.45, 2.75) is 13.5 Å². The Bertz CT molecular complexity index is 444. The first-order valence-electron chi connectivity index (χ1n) is 4.36. The summed E-state index contributed by atoms with van der Waals surface area (Å²) in [5, 5.41) is 1.21. The zero-order valence-corrected chi connectivity index (χ0v) is 10.1. The summed E-state index contributed by atoms with van der Waals surface area (Å²) in [6, 6.07) is 10.2. The highest BCUT2D eigenvalue weighted by Crippen LogP contribution is 2.16. The lowest BCUT2D eigenvalue weighted by Gasteiger charge is -2.03. The van der Waals surface area contributed by atoms with E-state index >= 15 is 0 Å². The molecule has 0 aliphatic carbocycles. The van der Waals surface area contributed by atoms with Crippen molar-refractivity contribution in [1.29, 1.82) is 0 Å². The number of aryl methyl sites for hydroxylation is 1. The molecule has 0 saturated heterocycles. The molecule has 0 saturated carbocycles. The molecule has 1 aromatic carbocycles. The van der Waals surface area contributed by atoms with E-state index in [9.17, 15) is 0 Å². The molecule has 0 aliphatic rings. The Labute approximate surface area is 102 Å². The van der Waals surface area contributed by atoms with Crippen LogP contribution in [0.3, 0.4) is 0 Å². The van der Waals surface area contributed by atoms with Gasteiger partial charge < -0.3 is 5.73 Å². The molecule has 0 fully saturated rings. The number of rotatable bonds is 1. The van der Waals surface area contributed by atoms with E-state index in [0.717, 1.165) is 11.2 Å². The molecule has 0 atom stereocenters. The molecular weight excluding hydrogens is 231 g/mol. The summed E-state index contributed by atoms with van der Waals surface area (Å²) in [7, 11) is 0. The smallest absolute Gasteiger partial charge is 0.0708 e. The van der Waals surface area contributed by atoms with Gasteiger partial charge in [0.1, 0.15) is 0 Å². The molecule has 0 aliphatic heterocycles. The summed E-state index contributed by atoms with van der Waals surface area (Å²) < 4.78 is 0. The van der Waals surface area contributed by atoms with Crippen molar-refractivity contribution >= 4 is 35.7 Å². The van der Waals surface area contributed by atoms with Crippen LogP contribution in [0, 0.1) is 6.92 Å². The molecule has 1 aromatic heterocycles. The topological polar surface area (TPSA) is 38.9 Å². The van der Waals surface area contributed by atoms with Gasteiger partial charge in [0.15, 0.2) is 0 Å². The van der Waals surface area contributed by atoms with Gasteiger partial charge in [-0.05, 0) is 24.6 Å². The van der Waals surface area contributed by atoms with E-state index in [2.05, 4.69) is 18.0 Å². The maximum atomic E-state index is 5.55. The molecule has 82 valence electrons. The second-order valence-electron chi connectivity index (χ2n) is 3.15. The summed E-state index contributed by atoms with van der Waals surface area (Å²) in [6.07, 6.45) is 0. The second kappa shape index (κ2) is 5.91. The van der Waals surface area contributed by atoms with Gasteiger partial charge in [0.25, 0.3) is 0 Å². The van der Waals surface area contributed by atoms with E-state index in [1.807, 2.05) is 24.3 Å². The number of hydrogen-bond acceptors (Lipinski definition) is 2. The van der Waals surface area contributed by atoms with E-state index in [1.54, 1.807) is 0 Å². The van der Waals surface area contributed by atoms with Gasteiger partial charge in [-0.15, -0.1) is 24.8 Å². The molecule has 15 heavy (non-hydrogen) atoms. The fraction of sp³-hybridized carbons (Fsp3) is 0.182. The van der Waals surface area contributed by atoms with Crippen LogP contribution in [-0.4, -0.2) is 4.98 Å². The fourth-order valence-electron chi connectivity index (χ4n) is 1.52. The molecule has 4 heteroatoms. The molecule has 2 rings (SSSR count). The molecule has 0 amide bonds. The molecular formula is C11H14Cl2N2. The summed E-state index contributed by atoms with van der Waals surface area (Å²) in [5.74, 6) is 0. The number of hydrogen-bond donors (Lipinski definition) is 1. The average molecular weight is 245 g/mol. The minimum atomic E-state index is 0. The Kier molecular flexibility index (Phi) is 5.58. The summed E-state index contributed by atoms with van der Waals surface area (Å²) >= 11 is 0. The number of nitrogens with zero attached hydrogens (tertiary/aromatic N) is 1. The first-order valence-corrected chi connectivity index (χ1v) is 4.36. The van der Waals surface area contributed by atoms with Gasteiger partial charge in [0.2, 0.25) is 0 Å². The number of halogens is 2. The molecule has 2 aromatic rings. The maximum absolute atomic E-state index is 5.55. The van der Waals surface area contributed by atoms with Crippen LogP contribution in [0.2, 0.25) is 0 Å². The van der Waals surface area contributed by atoms with E-state index in [4.69, 9.17) is 5.73 Å². The first kappa shape index (κ1) is 14.2. The predicted octanol–water partition coefficient (Wildman–Crippen LogP) is 2.85. The minimum absolute atomic E-state index is 0. The normalized spacial score (nSPS) is 9.20. The highest BCUT2D eigenvalue weighted by atomic mass is 35.5. The summed E-state index contributed by atoms with van der Waals surface area (Å²) in [6.45, 7) is 2.59. The van der Waals surface area contributed by atoms with Crippen molar-refractivity contribution in [3.63, 3.8) is 0 Å². The van der Waals surface area contributed by atoms with E-state index in [-0.39, 0.29) is 24.8 Å². The number of nitrogens with two attached hydrogens (primary N) is 1. The highest BCUT2D eigenvalue weighted by Gasteiger charge is 1.99. The van der Waals surface area contributed by atoms with Crippen LogP contribution in [0.4, 0.5) is 0 Å². The first-order chi connectivity index (χ1) is 6.31. The molecule has 0 spiro atoms. The molecule has 0 unspecified atom stereocenters. The van der Waals surface area contributed by atoms with Gasteiger partial charge in [0.05, 0.1) is 11.2 Å². The van der Waals surface area contributed by atoms with Gasteiger partial charge in [-0.2, -0.15) is 0 Å². The third-order valence-electron chi connectivity index (χ3n) is 2.19. The monoisotopic (exact) mass is 244 g/mol. The van der Waals surface area contributed by atoms with Gasteiger partial charge in [-0.25, -0.2) is 0 Å². The van der Waals surface area contributed by atoms with Gasteiger partial charge in [-0.1, -0.05) is 18.2 Å². The molecule has 0 bridgehead atoms. The fourth-order valence-corrected chi connectivity index (χ4v) is 1.52. The van der Waals surface area contributed by atoms with Gasteiger partial charge in [0, 0.05) is 11.9 Å². The van der Waals surface area contributed by atoms with Crippen LogP contribution >= 0.6 is 24.8 Å². The Hall–Kier alpha value is -0.830. The maximum Gasteiger partial charge on any atom is 0.0708 e. The zero-order chi connectivity index (χ0) is 9.26. The van der Waals surface area contributed by atoms with E-state index in [0.29, 0.717) is 6.54 Å². The Morgan fingerprint density at radius 2 is 1.87 bits per heavy atom. The van der Waals surface area contributed by atoms with E-state index in [1.165, 1.54) is 10.9 Å². The molecule has 1 heterocycles. The van der Waals surface area contributed by atoms with Crippen molar-refractivity contribution in [1.82, 2.24) is 4.98 Å². The Morgan fingerprint density at radius 1 is 1.20 bits per heavy atom. The van der Waals surface area contributed by atoms with Crippen molar-refractivity contribution in [3.8, 4) is 0 Å². The van der Waals surface area contributed by atoms with Crippen molar-refractivity contribution in [2.24, 2.45) is 5.73 Å². The average Bonchev–Trinajstić information content (AvgIpc) is 2.18. The second-order valence-corrected chi connectivity index (χ2v) is 3.15. The Morgan fingerprint density at radius 3 is 2.53 bits per heavy atom.